The minimum atomic E-state index is 0.0438. The monoisotopic (exact) mass is 421 g/mol. The molecule has 5 rings (SSSR count). The second-order valence-corrected chi connectivity index (χ2v) is 7.94. The van der Waals surface area contributed by atoms with Gasteiger partial charge in [0.1, 0.15) is 0 Å². The Labute approximate surface area is 166 Å². The van der Waals surface area contributed by atoms with E-state index in [4.69, 9.17) is 9.57 Å². The Morgan fingerprint density at radius 3 is 2.89 bits per heavy atom. The predicted molar refractivity (Wildman–Crippen MR) is 107 cm³/mol. The van der Waals surface area contributed by atoms with Gasteiger partial charge in [0.05, 0.1) is 0 Å². The van der Waals surface area contributed by atoms with Crippen molar-refractivity contribution in [1.82, 2.24) is 9.55 Å². The van der Waals surface area contributed by atoms with E-state index in [-0.39, 0.29) is 6.04 Å². The van der Waals surface area contributed by atoms with Gasteiger partial charge < -0.3 is 0 Å². The summed E-state index contributed by atoms with van der Waals surface area (Å²) in [5.74, 6) is 0.946. The Morgan fingerprint density at radius 1 is 1.15 bits per heavy atom. The van der Waals surface area contributed by atoms with Gasteiger partial charge in [0.15, 0.2) is 0 Å². The van der Waals surface area contributed by atoms with Crippen LogP contribution >= 0.6 is 0 Å². The molecule has 3 heterocycles. The quantitative estimate of drug-likeness (QED) is 0.596. The molecule has 2 atom stereocenters. The number of hydrogen-bond donors (Lipinski definition) is 0. The molecule has 0 saturated heterocycles. The maximum atomic E-state index is 6.28. The zero-order chi connectivity index (χ0) is 18.4. The van der Waals surface area contributed by atoms with Gasteiger partial charge >= 0.3 is 167 Å². The van der Waals surface area contributed by atoms with E-state index < -0.39 is 0 Å². The van der Waals surface area contributed by atoms with Gasteiger partial charge in [0.2, 0.25) is 0 Å². The molecule has 2 aliphatic heterocycles. The first kappa shape index (κ1) is 16.5. The summed E-state index contributed by atoms with van der Waals surface area (Å²) in [5, 5.41) is 2.03. The molecule has 2 aromatic carbocycles. The summed E-state index contributed by atoms with van der Waals surface area (Å²) in [4.78, 5) is 10.4. The van der Waals surface area contributed by atoms with Crippen molar-refractivity contribution >= 4 is 22.5 Å². The molecule has 0 N–H and O–H groups in total. The van der Waals surface area contributed by atoms with Crippen LogP contribution in [0.1, 0.15) is 23.6 Å². The molecule has 3 aromatic rings. The topological polar surface area (TPSA) is 39.5 Å². The van der Waals surface area contributed by atoms with E-state index in [0.29, 0.717) is 6.61 Å². The van der Waals surface area contributed by atoms with Gasteiger partial charge in [-0.3, -0.25) is 0 Å². The number of rotatable bonds is 2. The van der Waals surface area contributed by atoms with Crippen molar-refractivity contribution in [2.75, 3.05) is 11.7 Å². The minimum absolute atomic E-state index is 0.0438. The fraction of sp³-hybridized carbons (Fsp3) is 0.190. The number of hydroxylamine groups is 1. The summed E-state index contributed by atoms with van der Waals surface area (Å²) < 4.78 is 9.06. The summed E-state index contributed by atoms with van der Waals surface area (Å²) in [6, 6.07) is 14.8. The summed E-state index contributed by atoms with van der Waals surface area (Å²) in [5.41, 5.74) is 5.78. The van der Waals surface area contributed by atoms with Gasteiger partial charge in [0.25, 0.3) is 0 Å². The summed E-state index contributed by atoms with van der Waals surface area (Å²) in [6.07, 6.45) is 6.41. The van der Waals surface area contributed by atoms with E-state index in [1.807, 2.05) is 15.8 Å². The van der Waals surface area contributed by atoms with Crippen LogP contribution in [0, 0.1) is 6.92 Å². The van der Waals surface area contributed by atoms with Gasteiger partial charge in [-0.15, -0.1) is 0 Å². The molecular weight excluding hydrogens is 401 g/mol. The van der Waals surface area contributed by atoms with Gasteiger partial charge in [-0.25, -0.2) is 0 Å². The third-order valence-corrected chi connectivity index (χ3v) is 6.05. The summed E-state index contributed by atoms with van der Waals surface area (Å²) in [7, 11) is 0. The van der Waals surface area contributed by atoms with Crippen LogP contribution in [-0.2, 0) is 4.84 Å². The predicted octanol–water partition coefficient (Wildman–Crippen LogP) is 3.30. The number of nitrogens with zero attached hydrogens (tertiary/aromatic N) is 3. The first-order valence-corrected chi connectivity index (χ1v) is 10.2. The van der Waals surface area contributed by atoms with Gasteiger partial charge in [0, 0.05) is 0 Å². The van der Waals surface area contributed by atoms with Crippen LogP contribution in [0.15, 0.2) is 71.3 Å². The SMILES string of the molecule is Cc1ccc2c(c1)C1C(=C([AsH2])ON1c1cccc(-n3ccnc3)c1)CCO2. The van der Waals surface area contributed by atoms with E-state index >= 15 is 0 Å². The average molecular weight is 421 g/mol. The normalized spacial score (nSPS) is 18.4. The molecule has 136 valence electrons. The molecule has 5 nitrogen and oxygen atoms in total. The van der Waals surface area contributed by atoms with E-state index in [9.17, 15) is 0 Å². The number of benzene rings is 2. The fourth-order valence-electron chi connectivity index (χ4n) is 3.76. The number of ether oxygens (including phenoxy) is 1. The number of imidazole rings is 1. The van der Waals surface area contributed by atoms with E-state index in [0.717, 1.165) is 28.1 Å². The molecule has 0 aliphatic carbocycles. The number of aryl methyl sites for hydroxylation is 1. The molecule has 0 amide bonds. The third kappa shape index (κ3) is 2.83. The molecule has 0 fully saturated rings. The van der Waals surface area contributed by atoms with Crippen molar-refractivity contribution in [3.8, 4) is 11.4 Å². The molecule has 27 heavy (non-hydrogen) atoms. The van der Waals surface area contributed by atoms with Crippen molar-refractivity contribution in [3.63, 3.8) is 0 Å². The number of aromatic nitrogens is 2. The zero-order valence-corrected chi connectivity index (χ0v) is 17.4. The van der Waals surface area contributed by atoms with E-state index in [1.165, 1.54) is 33.6 Å². The number of fused-ring (bicyclic) bond motifs is 3. The fourth-order valence-corrected chi connectivity index (χ4v) is 4.63. The van der Waals surface area contributed by atoms with Crippen LogP contribution in [0.4, 0.5) is 5.69 Å². The van der Waals surface area contributed by atoms with Crippen LogP contribution < -0.4 is 9.80 Å². The van der Waals surface area contributed by atoms with Crippen molar-refractivity contribution in [3.05, 3.63) is 82.4 Å². The molecule has 1 aromatic heterocycles. The molecular formula is C21H20AsN3O2. The maximum absolute atomic E-state index is 6.28. The van der Waals surface area contributed by atoms with Crippen molar-refractivity contribution in [2.24, 2.45) is 0 Å². The standard InChI is InChI=1S/C21H20AsN3O2/c1-14-5-6-19-18(11-14)20-17(7-10-26-19)21(22)27-25(20)16-4-2-3-15(12-16)24-9-8-23-13-24/h2-6,8-9,11-13,20H,7,10,22H2,1H3. The Balaban J connectivity index is 1.61. The third-order valence-electron chi connectivity index (χ3n) is 5.05. The van der Waals surface area contributed by atoms with Crippen molar-refractivity contribution < 1.29 is 9.57 Å². The first-order chi connectivity index (χ1) is 13.2. The van der Waals surface area contributed by atoms with Crippen LogP contribution in [0.25, 0.3) is 5.69 Å². The van der Waals surface area contributed by atoms with Crippen LogP contribution in [0.2, 0.25) is 0 Å². The second kappa shape index (κ2) is 6.50. The van der Waals surface area contributed by atoms with Crippen molar-refractivity contribution in [1.29, 1.82) is 0 Å². The van der Waals surface area contributed by atoms with Gasteiger partial charge in [-0.1, -0.05) is 0 Å². The van der Waals surface area contributed by atoms with Gasteiger partial charge in [-0.05, 0) is 0 Å². The van der Waals surface area contributed by atoms with E-state index in [1.54, 1.807) is 12.5 Å². The summed E-state index contributed by atoms with van der Waals surface area (Å²) >= 11 is 1.52. The Bertz CT molecular complexity index is 1030. The Hall–Kier alpha value is -2.65. The number of hydrogen-bond acceptors (Lipinski definition) is 4. The molecule has 0 saturated carbocycles. The second-order valence-electron chi connectivity index (χ2n) is 6.84. The molecule has 0 spiro atoms. The zero-order valence-electron chi connectivity index (χ0n) is 15.0. The first-order valence-electron chi connectivity index (χ1n) is 8.98. The average Bonchev–Trinajstić information content (AvgIpc) is 3.28. The molecule has 6 heteroatoms. The van der Waals surface area contributed by atoms with Crippen LogP contribution in [0.3, 0.4) is 0 Å². The molecule has 0 radical (unpaired) electrons. The van der Waals surface area contributed by atoms with E-state index in [2.05, 4.69) is 54.4 Å². The van der Waals surface area contributed by atoms with Crippen molar-refractivity contribution in [2.45, 2.75) is 19.4 Å². The Morgan fingerprint density at radius 2 is 2.04 bits per heavy atom. The molecule has 2 unspecified atom stereocenters. The number of anilines is 1. The van der Waals surface area contributed by atoms with Crippen LogP contribution in [-0.4, -0.2) is 33.0 Å². The summed E-state index contributed by atoms with van der Waals surface area (Å²) in [6.45, 7) is 2.80. The van der Waals surface area contributed by atoms with Crippen LogP contribution in [0.5, 0.6) is 5.75 Å². The molecule has 0 bridgehead atoms. The Kier molecular flexibility index (Phi) is 3.98. The molecule has 2 aliphatic rings. The van der Waals surface area contributed by atoms with Gasteiger partial charge in [-0.2, -0.15) is 0 Å².